The Morgan fingerprint density at radius 3 is 2.75 bits per heavy atom. The molecule has 2 N–H and O–H groups in total. The molecule has 0 spiro atoms. The fourth-order valence-electron chi connectivity index (χ4n) is 2.08. The average molecular weight is 220 g/mol. The third kappa shape index (κ3) is 2.50. The second-order valence-electron chi connectivity index (χ2n) is 4.52. The Balaban J connectivity index is 2.13. The summed E-state index contributed by atoms with van der Waals surface area (Å²) in [6.07, 6.45) is 2.45. The van der Waals surface area contributed by atoms with Crippen LogP contribution >= 0.6 is 0 Å². The summed E-state index contributed by atoms with van der Waals surface area (Å²) in [7, 11) is 0. The summed E-state index contributed by atoms with van der Waals surface area (Å²) in [6, 6.07) is 0.501. The van der Waals surface area contributed by atoms with Crippen LogP contribution in [0.5, 0.6) is 0 Å². The molecule has 88 valence electrons. The molecule has 0 bridgehead atoms. The largest absolute Gasteiger partial charge is 0.366 e. The topological polar surface area (TPSA) is 49.8 Å². The van der Waals surface area contributed by atoms with E-state index in [0.29, 0.717) is 6.04 Å². The van der Waals surface area contributed by atoms with E-state index in [2.05, 4.69) is 27.5 Å². The first-order chi connectivity index (χ1) is 7.66. The van der Waals surface area contributed by atoms with E-state index < -0.39 is 0 Å². The predicted octanol–water partition coefficient (Wildman–Crippen LogP) is 1.57. The van der Waals surface area contributed by atoms with E-state index in [0.717, 1.165) is 36.0 Å². The van der Waals surface area contributed by atoms with Crippen molar-refractivity contribution < 1.29 is 0 Å². The molecule has 1 aliphatic heterocycles. The molecule has 2 heterocycles. The lowest BCUT2D eigenvalue weighted by Gasteiger charge is -2.25. The second kappa shape index (κ2) is 4.78. The molecule has 0 saturated carbocycles. The highest BCUT2D eigenvalue weighted by atomic mass is 15.1. The predicted molar refractivity (Wildman–Crippen MR) is 65.8 cm³/mol. The summed E-state index contributed by atoms with van der Waals surface area (Å²) >= 11 is 0. The normalized spacial score (nSPS) is 20.8. The zero-order valence-electron chi connectivity index (χ0n) is 10.3. The van der Waals surface area contributed by atoms with E-state index in [9.17, 15) is 0 Å². The minimum atomic E-state index is 0.501. The second-order valence-corrected chi connectivity index (χ2v) is 4.52. The van der Waals surface area contributed by atoms with Crippen LogP contribution in [0.25, 0.3) is 0 Å². The van der Waals surface area contributed by atoms with Gasteiger partial charge < -0.3 is 10.6 Å². The molecular weight excluding hydrogens is 200 g/mol. The van der Waals surface area contributed by atoms with Gasteiger partial charge in [0, 0.05) is 23.8 Å². The molecule has 1 aromatic rings. The molecule has 0 aliphatic carbocycles. The summed E-state index contributed by atoms with van der Waals surface area (Å²) < 4.78 is 0. The number of aryl methyl sites for hydroxylation is 2. The van der Waals surface area contributed by atoms with Crippen LogP contribution in [0.15, 0.2) is 0 Å². The first-order valence-electron chi connectivity index (χ1n) is 5.96. The van der Waals surface area contributed by atoms with Crippen molar-refractivity contribution >= 4 is 5.82 Å². The molecule has 16 heavy (non-hydrogen) atoms. The number of rotatable bonds is 2. The van der Waals surface area contributed by atoms with Gasteiger partial charge in [0.15, 0.2) is 0 Å². The molecule has 0 amide bonds. The first kappa shape index (κ1) is 11.3. The van der Waals surface area contributed by atoms with Gasteiger partial charge in [0.25, 0.3) is 0 Å². The highest BCUT2D eigenvalue weighted by Gasteiger charge is 2.15. The summed E-state index contributed by atoms with van der Waals surface area (Å²) in [4.78, 5) is 8.84. The standard InChI is InChI=1S/C12H20N4/c1-8-9(2)14-10(3)15-12(8)16-11-5-4-6-13-7-11/h11,13H,4-7H2,1-3H3,(H,14,15,16). The van der Waals surface area contributed by atoms with Gasteiger partial charge >= 0.3 is 0 Å². The van der Waals surface area contributed by atoms with E-state index >= 15 is 0 Å². The summed E-state index contributed by atoms with van der Waals surface area (Å²) in [6.45, 7) is 8.22. The average Bonchev–Trinajstić information content (AvgIpc) is 2.27. The third-order valence-corrected chi connectivity index (χ3v) is 3.14. The molecular formula is C12H20N4. The van der Waals surface area contributed by atoms with E-state index in [1.807, 2.05) is 13.8 Å². The molecule has 1 fully saturated rings. The molecule has 1 unspecified atom stereocenters. The van der Waals surface area contributed by atoms with Gasteiger partial charge in [-0.05, 0) is 40.2 Å². The lowest BCUT2D eigenvalue weighted by atomic mass is 10.1. The van der Waals surface area contributed by atoms with Crippen molar-refractivity contribution in [1.82, 2.24) is 15.3 Å². The lowest BCUT2D eigenvalue weighted by Crippen LogP contribution is -2.38. The fourth-order valence-corrected chi connectivity index (χ4v) is 2.08. The van der Waals surface area contributed by atoms with Crippen LogP contribution in [0.4, 0.5) is 5.82 Å². The minimum Gasteiger partial charge on any atom is -0.366 e. The number of hydrogen-bond donors (Lipinski definition) is 2. The summed E-state index contributed by atoms with van der Waals surface area (Å²) in [5.41, 5.74) is 2.23. The molecule has 1 aliphatic rings. The van der Waals surface area contributed by atoms with Crippen LogP contribution in [-0.4, -0.2) is 29.1 Å². The molecule has 2 rings (SSSR count). The van der Waals surface area contributed by atoms with Gasteiger partial charge in [-0.3, -0.25) is 0 Å². The summed E-state index contributed by atoms with van der Waals surface area (Å²) in [5, 5.41) is 6.92. The molecule has 4 heteroatoms. The number of anilines is 1. The number of nitrogens with one attached hydrogen (secondary N) is 2. The Labute approximate surface area is 96.9 Å². The maximum absolute atomic E-state index is 4.48. The Kier molecular flexibility index (Phi) is 3.39. The summed E-state index contributed by atoms with van der Waals surface area (Å²) in [5.74, 6) is 1.84. The van der Waals surface area contributed by atoms with Crippen molar-refractivity contribution in [2.75, 3.05) is 18.4 Å². The first-order valence-corrected chi connectivity index (χ1v) is 5.96. The monoisotopic (exact) mass is 220 g/mol. The molecule has 1 aromatic heterocycles. The molecule has 1 saturated heterocycles. The van der Waals surface area contributed by atoms with Crippen LogP contribution in [0, 0.1) is 20.8 Å². The van der Waals surface area contributed by atoms with Gasteiger partial charge in [-0.25, -0.2) is 9.97 Å². The zero-order valence-corrected chi connectivity index (χ0v) is 10.3. The molecule has 1 atom stereocenters. The smallest absolute Gasteiger partial charge is 0.133 e. The van der Waals surface area contributed by atoms with Gasteiger partial charge in [0.1, 0.15) is 11.6 Å². The number of nitrogens with zero attached hydrogens (tertiary/aromatic N) is 2. The van der Waals surface area contributed by atoms with Gasteiger partial charge in [-0.15, -0.1) is 0 Å². The highest BCUT2D eigenvalue weighted by molar-refractivity contribution is 5.46. The molecule has 0 radical (unpaired) electrons. The van der Waals surface area contributed by atoms with Gasteiger partial charge in [0.05, 0.1) is 0 Å². The highest BCUT2D eigenvalue weighted by Crippen LogP contribution is 2.17. The molecule has 4 nitrogen and oxygen atoms in total. The van der Waals surface area contributed by atoms with Gasteiger partial charge in [-0.1, -0.05) is 0 Å². The van der Waals surface area contributed by atoms with E-state index in [1.54, 1.807) is 0 Å². The molecule has 0 aromatic carbocycles. The van der Waals surface area contributed by atoms with Gasteiger partial charge in [0.2, 0.25) is 0 Å². The van der Waals surface area contributed by atoms with Crippen LogP contribution in [-0.2, 0) is 0 Å². The Bertz CT molecular complexity index is 370. The van der Waals surface area contributed by atoms with Crippen molar-refractivity contribution in [1.29, 1.82) is 0 Å². The van der Waals surface area contributed by atoms with Crippen molar-refractivity contribution in [2.24, 2.45) is 0 Å². The fraction of sp³-hybridized carbons (Fsp3) is 0.667. The van der Waals surface area contributed by atoms with Crippen LogP contribution < -0.4 is 10.6 Å². The van der Waals surface area contributed by atoms with Crippen LogP contribution in [0.3, 0.4) is 0 Å². The minimum absolute atomic E-state index is 0.501. The maximum atomic E-state index is 4.48. The van der Waals surface area contributed by atoms with Crippen LogP contribution in [0.1, 0.15) is 29.9 Å². The Hall–Kier alpha value is -1.16. The number of aromatic nitrogens is 2. The van der Waals surface area contributed by atoms with Crippen molar-refractivity contribution in [3.05, 3.63) is 17.1 Å². The number of piperidine rings is 1. The SMILES string of the molecule is Cc1nc(C)c(C)c(NC2CCCNC2)n1. The van der Waals surface area contributed by atoms with Crippen molar-refractivity contribution in [3.63, 3.8) is 0 Å². The van der Waals surface area contributed by atoms with E-state index in [1.165, 1.54) is 12.8 Å². The quantitative estimate of drug-likeness (QED) is 0.794. The van der Waals surface area contributed by atoms with E-state index in [-0.39, 0.29) is 0 Å². The van der Waals surface area contributed by atoms with Crippen LogP contribution in [0.2, 0.25) is 0 Å². The van der Waals surface area contributed by atoms with Crippen molar-refractivity contribution in [2.45, 2.75) is 39.7 Å². The Morgan fingerprint density at radius 2 is 2.06 bits per heavy atom. The van der Waals surface area contributed by atoms with Crippen molar-refractivity contribution in [3.8, 4) is 0 Å². The zero-order chi connectivity index (χ0) is 11.5. The lowest BCUT2D eigenvalue weighted by molar-refractivity contribution is 0.478. The third-order valence-electron chi connectivity index (χ3n) is 3.14. The number of hydrogen-bond acceptors (Lipinski definition) is 4. The Morgan fingerprint density at radius 1 is 1.25 bits per heavy atom. The van der Waals surface area contributed by atoms with Gasteiger partial charge in [-0.2, -0.15) is 0 Å². The van der Waals surface area contributed by atoms with E-state index in [4.69, 9.17) is 0 Å². The maximum Gasteiger partial charge on any atom is 0.133 e.